The molecule has 2 saturated heterocycles. The highest BCUT2D eigenvalue weighted by Gasteiger charge is 2.31. The Morgan fingerprint density at radius 3 is 2.32 bits per heavy atom. The predicted octanol–water partition coefficient (Wildman–Crippen LogP) is 3.54. The Morgan fingerprint density at radius 1 is 0.909 bits per heavy atom. The van der Waals surface area contributed by atoms with E-state index in [0.717, 1.165) is 44.9 Å². The average molecular weight is 306 g/mol. The molecule has 0 aromatic carbocycles. The number of piperidine rings is 2. The molecule has 126 valence electrons. The Balaban J connectivity index is 1.41. The van der Waals surface area contributed by atoms with E-state index in [9.17, 15) is 4.79 Å². The lowest BCUT2D eigenvalue weighted by Gasteiger charge is -2.38. The molecule has 2 heterocycles. The van der Waals surface area contributed by atoms with Crippen molar-refractivity contribution in [3.63, 3.8) is 0 Å². The first-order valence-corrected chi connectivity index (χ1v) is 9.73. The van der Waals surface area contributed by atoms with Gasteiger partial charge in [-0.1, -0.05) is 26.2 Å². The van der Waals surface area contributed by atoms with Gasteiger partial charge in [0.2, 0.25) is 5.91 Å². The van der Waals surface area contributed by atoms with Gasteiger partial charge in [-0.05, 0) is 63.5 Å². The van der Waals surface area contributed by atoms with E-state index < -0.39 is 0 Å². The summed E-state index contributed by atoms with van der Waals surface area (Å²) in [6.07, 6.45) is 11.9. The minimum Gasteiger partial charge on any atom is -0.342 e. The van der Waals surface area contributed by atoms with Crippen LogP contribution in [0.2, 0.25) is 0 Å². The van der Waals surface area contributed by atoms with Gasteiger partial charge in [0.25, 0.3) is 0 Å². The molecule has 0 unspecified atom stereocenters. The number of rotatable bonds is 3. The second kappa shape index (κ2) is 7.81. The monoisotopic (exact) mass is 306 g/mol. The van der Waals surface area contributed by atoms with Crippen molar-refractivity contribution in [1.82, 2.24) is 9.80 Å². The number of carbonyl (C=O) groups excluding carboxylic acids is 1. The Labute approximate surface area is 136 Å². The average Bonchev–Trinajstić information content (AvgIpc) is 2.56. The molecule has 3 aliphatic rings. The van der Waals surface area contributed by atoms with E-state index in [4.69, 9.17) is 0 Å². The van der Waals surface area contributed by atoms with Crippen molar-refractivity contribution in [1.29, 1.82) is 0 Å². The van der Waals surface area contributed by atoms with Crippen LogP contribution in [0.5, 0.6) is 0 Å². The zero-order valence-corrected chi connectivity index (χ0v) is 14.4. The third-order valence-electron chi connectivity index (χ3n) is 6.15. The second-order valence-corrected chi connectivity index (χ2v) is 8.11. The van der Waals surface area contributed by atoms with Crippen LogP contribution >= 0.6 is 0 Å². The van der Waals surface area contributed by atoms with E-state index in [1.807, 2.05) is 0 Å². The number of hydrogen-bond donors (Lipinski definition) is 0. The van der Waals surface area contributed by atoms with Gasteiger partial charge in [0.1, 0.15) is 0 Å². The molecular formula is C19H34N2O. The highest BCUT2D eigenvalue weighted by atomic mass is 16.2. The lowest BCUT2D eigenvalue weighted by Crippen LogP contribution is -2.46. The number of likely N-dealkylation sites (tertiary alicyclic amines) is 2. The summed E-state index contributed by atoms with van der Waals surface area (Å²) in [5.41, 5.74) is 0. The smallest absolute Gasteiger partial charge is 0.225 e. The van der Waals surface area contributed by atoms with Crippen molar-refractivity contribution in [2.24, 2.45) is 17.8 Å². The molecule has 3 heteroatoms. The van der Waals surface area contributed by atoms with Gasteiger partial charge in [-0.15, -0.1) is 0 Å². The fourth-order valence-corrected chi connectivity index (χ4v) is 4.75. The molecule has 0 N–H and O–H groups in total. The van der Waals surface area contributed by atoms with Gasteiger partial charge >= 0.3 is 0 Å². The summed E-state index contributed by atoms with van der Waals surface area (Å²) in [7, 11) is 0. The second-order valence-electron chi connectivity index (χ2n) is 8.11. The van der Waals surface area contributed by atoms with Gasteiger partial charge in [0, 0.05) is 25.6 Å². The van der Waals surface area contributed by atoms with Crippen LogP contribution in [-0.4, -0.2) is 48.4 Å². The molecule has 0 spiro atoms. The summed E-state index contributed by atoms with van der Waals surface area (Å²) in [6, 6.07) is 0. The summed E-state index contributed by atoms with van der Waals surface area (Å²) in [4.78, 5) is 17.5. The maximum Gasteiger partial charge on any atom is 0.225 e. The number of amides is 1. The summed E-state index contributed by atoms with van der Waals surface area (Å²) in [5.74, 6) is 2.41. The normalized spacial score (nSPS) is 29.7. The van der Waals surface area contributed by atoms with Crippen LogP contribution < -0.4 is 0 Å². The SMILES string of the molecule is C[C@H]1CCCN(C(=O)C2CCN(CC3CCCCC3)CC2)C1. The van der Waals surface area contributed by atoms with Gasteiger partial charge in [-0.25, -0.2) is 0 Å². The summed E-state index contributed by atoms with van der Waals surface area (Å²) in [6.45, 7) is 7.88. The van der Waals surface area contributed by atoms with Crippen LogP contribution in [0.4, 0.5) is 0 Å². The van der Waals surface area contributed by atoms with Crippen molar-refractivity contribution >= 4 is 5.91 Å². The van der Waals surface area contributed by atoms with Gasteiger partial charge in [0.05, 0.1) is 0 Å². The van der Waals surface area contributed by atoms with E-state index in [2.05, 4.69) is 16.7 Å². The molecular weight excluding hydrogens is 272 g/mol. The molecule has 1 saturated carbocycles. The first kappa shape index (κ1) is 16.3. The van der Waals surface area contributed by atoms with E-state index in [0.29, 0.717) is 17.7 Å². The van der Waals surface area contributed by atoms with E-state index in [-0.39, 0.29) is 0 Å². The quantitative estimate of drug-likeness (QED) is 0.796. The molecule has 22 heavy (non-hydrogen) atoms. The maximum atomic E-state index is 12.7. The Hall–Kier alpha value is -0.570. The lowest BCUT2D eigenvalue weighted by atomic mass is 9.87. The van der Waals surface area contributed by atoms with E-state index in [1.54, 1.807) is 0 Å². The Bertz CT molecular complexity index is 356. The lowest BCUT2D eigenvalue weighted by molar-refractivity contribution is -0.138. The van der Waals surface area contributed by atoms with Gasteiger partial charge in [-0.2, -0.15) is 0 Å². The largest absolute Gasteiger partial charge is 0.342 e. The minimum atomic E-state index is 0.313. The first-order valence-electron chi connectivity index (χ1n) is 9.73. The van der Waals surface area contributed by atoms with Crippen molar-refractivity contribution in [2.45, 2.75) is 64.7 Å². The molecule has 1 amide bonds. The van der Waals surface area contributed by atoms with Crippen LogP contribution in [0.1, 0.15) is 64.7 Å². The topological polar surface area (TPSA) is 23.6 Å². The third kappa shape index (κ3) is 4.24. The van der Waals surface area contributed by atoms with Crippen LogP contribution in [0, 0.1) is 17.8 Å². The molecule has 3 nitrogen and oxygen atoms in total. The first-order chi connectivity index (χ1) is 10.7. The fraction of sp³-hybridized carbons (Fsp3) is 0.947. The van der Waals surface area contributed by atoms with Crippen molar-refractivity contribution < 1.29 is 4.79 Å². The molecule has 0 aromatic heterocycles. The molecule has 1 aliphatic carbocycles. The zero-order chi connectivity index (χ0) is 15.4. The minimum absolute atomic E-state index is 0.313. The van der Waals surface area contributed by atoms with Crippen LogP contribution in [0.3, 0.4) is 0 Å². The maximum absolute atomic E-state index is 12.7. The molecule has 3 rings (SSSR count). The summed E-state index contributed by atoms with van der Waals surface area (Å²) >= 11 is 0. The molecule has 0 aromatic rings. The third-order valence-corrected chi connectivity index (χ3v) is 6.15. The summed E-state index contributed by atoms with van der Waals surface area (Å²) < 4.78 is 0. The van der Waals surface area contributed by atoms with Crippen LogP contribution in [0.15, 0.2) is 0 Å². The Kier molecular flexibility index (Phi) is 5.78. The molecule has 0 bridgehead atoms. The van der Waals surface area contributed by atoms with Crippen LogP contribution in [0.25, 0.3) is 0 Å². The van der Waals surface area contributed by atoms with Crippen molar-refractivity contribution in [3.8, 4) is 0 Å². The Morgan fingerprint density at radius 2 is 1.64 bits per heavy atom. The van der Waals surface area contributed by atoms with Crippen molar-refractivity contribution in [2.75, 3.05) is 32.7 Å². The molecule has 2 aliphatic heterocycles. The van der Waals surface area contributed by atoms with Gasteiger partial charge in [-0.3, -0.25) is 4.79 Å². The number of hydrogen-bond acceptors (Lipinski definition) is 2. The standard InChI is InChI=1S/C19H34N2O/c1-16-6-5-11-21(14-16)19(22)18-9-12-20(13-10-18)15-17-7-3-2-4-8-17/h16-18H,2-15H2,1H3/t16-/m0/s1. The highest BCUT2D eigenvalue weighted by molar-refractivity contribution is 5.79. The zero-order valence-electron chi connectivity index (χ0n) is 14.4. The number of nitrogens with zero attached hydrogens (tertiary/aromatic N) is 2. The van der Waals surface area contributed by atoms with Gasteiger partial charge < -0.3 is 9.80 Å². The summed E-state index contributed by atoms with van der Waals surface area (Å²) in [5, 5.41) is 0. The van der Waals surface area contributed by atoms with Crippen molar-refractivity contribution in [3.05, 3.63) is 0 Å². The van der Waals surface area contributed by atoms with E-state index in [1.165, 1.54) is 51.5 Å². The van der Waals surface area contributed by atoms with Crippen LogP contribution in [-0.2, 0) is 4.79 Å². The van der Waals surface area contributed by atoms with Gasteiger partial charge in [0.15, 0.2) is 0 Å². The predicted molar refractivity (Wildman–Crippen MR) is 90.7 cm³/mol. The highest BCUT2D eigenvalue weighted by Crippen LogP contribution is 2.27. The fourth-order valence-electron chi connectivity index (χ4n) is 4.75. The molecule has 3 fully saturated rings. The molecule has 1 atom stereocenters. The molecule has 0 radical (unpaired) electrons. The van der Waals surface area contributed by atoms with E-state index >= 15 is 0 Å². The number of carbonyl (C=O) groups is 1.